The van der Waals surface area contributed by atoms with Crippen molar-refractivity contribution in [2.75, 3.05) is 10.7 Å². The monoisotopic (exact) mass is 307 g/mol. The number of carbonyl (C=O) groups excluding carboxylic acids is 1. The molecule has 0 saturated carbocycles. The van der Waals surface area contributed by atoms with E-state index in [1.54, 1.807) is 30.5 Å². The number of aromatic nitrogens is 2. The quantitative estimate of drug-likeness (QED) is 0.593. The Balaban J connectivity index is 2.19. The molecule has 0 fully saturated rings. The van der Waals surface area contributed by atoms with Gasteiger partial charge >= 0.3 is 0 Å². The van der Waals surface area contributed by atoms with Crippen LogP contribution in [-0.4, -0.2) is 15.9 Å². The summed E-state index contributed by atoms with van der Waals surface area (Å²) in [7, 11) is 0. The van der Waals surface area contributed by atoms with Gasteiger partial charge in [0, 0.05) is 18.0 Å². The van der Waals surface area contributed by atoms with Crippen molar-refractivity contribution >= 4 is 33.5 Å². The van der Waals surface area contributed by atoms with Crippen molar-refractivity contribution < 1.29 is 4.79 Å². The van der Waals surface area contributed by atoms with Gasteiger partial charge in [0.2, 0.25) is 0 Å². The van der Waals surface area contributed by atoms with Crippen molar-refractivity contribution in [2.24, 2.45) is 5.84 Å². The van der Waals surface area contributed by atoms with Crippen molar-refractivity contribution in [2.45, 2.75) is 0 Å². The second kappa shape index (κ2) is 5.56. The minimum Gasteiger partial charge on any atom is -0.308 e. The first-order valence-electron chi connectivity index (χ1n) is 5.05. The fraction of sp³-hybridized carbons (Fsp3) is 0. The van der Waals surface area contributed by atoms with E-state index in [0.717, 1.165) is 0 Å². The number of pyridine rings is 2. The van der Waals surface area contributed by atoms with E-state index in [0.29, 0.717) is 21.7 Å². The number of hydrazine groups is 1. The summed E-state index contributed by atoms with van der Waals surface area (Å²) in [6.07, 6.45) is 3.09. The van der Waals surface area contributed by atoms with Crippen molar-refractivity contribution in [3.05, 3.63) is 46.7 Å². The molecule has 7 heteroatoms. The molecule has 0 saturated heterocycles. The largest absolute Gasteiger partial charge is 0.308 e. The Labute approximate surface area is 112 Å². The lowest BCUT2D eigenvalue weighted by Gasteiger charge is -2.06. The molecule has 18 heavy (non-hydrogen) atoms. The van der Waals surface area contributed by atoms with E-state index >= 15 is 0 Å². The summed E-state index contributed by atoms with van der Waals surface area (Å²) in [4.78, 5) is 19.9. The van der Waals surface area contributed by atoms with Crippen LogP contribution in [0.3, 0.4) is 0 Å². The van der Waals surface area contributed by atoms with Gasteiger partial charge in [0.05, 0.1) is 4.47 Å². The normalized spacial score (nSPS) is 9.89. The van der Waals surface area contributed by atoms with Crippen LogP contribution in [0.4, 0.5) is 11.6 Å². The average Bonchev–Trinajstić information content (AvgIpc) is 2.41. The molecular weight excluding hydrogens is 298 g/mol. The molecular formula is C11H10BrN5O. The highest BCUT2D eigenvalue weighted by Gasteiger charge is 2.09. The number of nitrogens with one attached hydrogen (secondary N) is 2. The summed E-state index contributed by atoms with van der Waals surface area (Å²) in [5, 5.41) is 2.68. The Morgan fingerprint density at radius 2 is 2.11 bits per heavy atom. The number of nitrogen functional groups attached to an aromatic ring is 1. The topological polar surface area (TPSA) is 92.9 Å². The summed E-state index contributed by atoms with van der Waals surface area (Å²) < 4.78 is 0.713. The average molecular weight is 308 g/mol. The minimum absolute atomic E-state index is 0.284. The van der Waals surface area contributed by atoms with Crippen LogP contribution < -0.4 is 16.6 Å². The van der Waals surface area contributed by atoms with Crippen LogP contribution in [0, 0.1) is 0 Å². The molecule has 6 nitrogen and oxygen atoms in total. The first-order valence-corrected chi connectivity index (χ1v) is 5.84. The van der Waals surface area contributed by atoms with Crippen molar-refractivity contribution in [3.63, 3.8) is 0 Å². The van der Waals surface area contributed by atoms with Gasteiger partial charge in [0.1, 0.15) is 11.6 Å². The Morgan fingerprint density at radius 1 is 1.28 bits per heavy atom. The minimum atomic E-state index is -0.284. The molecule has 0 unspecified atom stereocenters. The van der Waals surface area contributed by atoms with E-state index in [1.165, 1.54) is 6.20 Å². The number of hydrogen-bond acceptors (Lipinski definition) is 5. The zero-order valence-electron chi connectivity index (χ0n) is 9.22. The van der Waals surface area contributed by atoms with Crippen LogP contribution in [0.15, 0.2) is 41.1 Å². The maximum Gasteiger partial charge on any atom is 0.257 e. The second-order valence-corrected chi connectivity index (χ2v) is 4.22. The van der Waals surface area contributed by atoms with Crippen LogP contribution >= 0.6 is 15.9 Å². The highest BCUT2D eigenvalue weighted by Crippen LogP contribution is 2.19. The molecule has 2 heterocycles. The molecule has 2 rings (SSSR count). The van der Waals surface area contributed by atoms with E-state index < -0.39 is 0 Å². The standard InChI is InChI=1S/C11H10BrN5O/c12-8-2-1-4-15-10(8)16-11(18)7-3-5-14-9(6-7)17-13/h1-6H,13H2,(H,14,17)(H,15,16,18). The fourth-order valence-electron chi connectivity index (χ4n) is 1.31. The van der Waals surface area contributed by atoms with Gasteiger partial charge in [0.15, 0.2) is 0 Å². The Kier molecular flexibility index (Phi) is 3.85. The number of rotatable bonds is 3. The molecule has 2 aromatic heterocycles. The van der Waals surface area contributed by atoms with Gasteiger partial charge in [0.25, 0.3) is 5.91 Å². The summed E-state index contributed by atoms with van der Waals surface area (Å²) in [5.41, 5.74) is 2.82. The first kappa shape index (κ1) is 12.5. The number of amides is 1. The van der Waals surface area contributed by atoms with Crippen LogP contribution in [-0.2, 0) is 0 Å². The van der Waals surface area contributed by atoms with Crippen molar-refractivity contribution in [1.29, 1.82) is 0 Å². The molecule has 0 aliphatic carbocycles. The lowest BCUT2D eigenvalue weighted by atomic mass is 10.2. The smallest absolute Gasteiger partial charge is 0.257 e. The number of halogens is 1. The maximum absolute atomic E-state index is 12.0. The van der Waals surface area contributed by atoms with E-state index in [2.05, 4.69) is 36.6 Å². The van der Waals surface area contributed by atoms with E-state index in [1.807, 2.05) is 0 Å². The number of hydrogen-bond donors (Lipinski definition) is 3. The third kappa shape index (κ3) is 2.82. The SMILES string of the molecule is NNc1cc(C(=O)Nc2ncccc2Br)ccn1. The summed E-state index contributed by atoms with van der Waals surface area (Å²) >= 11 is 3.30. The first-order chi connectivity index (χ1) is 8.70. The Hall–Kier alpha value is -1.99. The maximum atomic E-state index is 12.0. The lowest BCUT2D eigenvalue weighted by Crippen LogP contribution is -2.15. The Bertz CT molecular complexity index is 575. The molecule has 0 aromatic carbocycles. The number of carbonyl (C=O) groups is 1. The molecule has 0 atom stereocenters. The van der Waals surface area contributed by atoms with Crippen molar-refractivity contribution in [3.8, 4) is 0 Å². The lowest BCUT2D eigenvalue weighted by molar-refractivity contribution is 0.102. The summed E-state index contributed by atoms with van der Waals surface area (Å²) in [6, 6.07) is 6.70. The zero-order chi connectivity index (χ0) is 13.0. The predicted octanol–water partition coefficient (Wildman–Crippen LogP) is 1.78. The van der Waals surface area contributed by atoms with Gasteiger partial charge in [-0.2, -0.15) is 0 Å². The third-order valence-electron chi connectivity index (χ3n) is 2.16. The Morgan fingerprint density at radius 3 is 2.83 bits per heavy atom. The molecule has 2 aromatic rings. The van der Waals surface area contributed by atoms with Gasteiger partial charge in [-0.3, -0.25) is 4.79 Å². The molecule has 0 bridgehead atoms. The number of anilines is 2. The molecule has 0 aliphatic heterocycles. The molecule has 0 radical (unpaired) electrons. The second-order valence-electron chi connectivity index (χ2n) is 3.36. The highest BCUT2D eigenvalue weighted by molar-refractivity contribution is 9.10. The molecule has 92 valence electrons. The van der Waals surface area contributed by atoms with Crippen LogP contribution in [0.25, 0.3) is 0 Å². The van der Waals surface area contributed by atoms with E-state index in [9.17, 15) is 4.79 Å². The van der Waals surface area contributed by atoms with Crippen LogP contribution in [0.1, 0.15) is 10.4 Å². The van der Waals surface area contributed by atoms with Gasteiger partial charge in [-0.1, -0.05) is 0 Å². The highest BCUT2D eigenvalue weighted by atomic mass is 79.9. The van der Waals surface area contributed by atoms with E-state index in [-0.39, 0.29) is 5.91 Å². The van der Waals surface area contributed by atoms with Crippen LogP contribution in [0.2, 0.25) is 0 Å². The van der Waals surface area contributed by atoms with E-state index in [4.69, 9.17) is 5.84 Å². The van der Waals surface area contributed by atoms with Gasteiger partial charge < -0.3 is 10.7 Å². The fourth-order valence-corrected chi connectivity index (χ4v) is 1.66. The van der Waals surface area contributed by atoms with Crippen LogP contribution in [0.5, 0.6) is 0 Å². The van der Waals surface area contributed by atoms with Crippen molar-refractivity contribution in [1.82, 2.24) is 9.97 Å². The predicted molar refractivity (Wildman–Crippen MR) is 71.9 cm³/mol. The molecule has 0 aliphatic rings. The third-order valence-corrected chi connectivity index (χ3v) is 2.80. The number of nitrogens with two attached hydrogens (primary N) is 1. The molecule has 0 spiro atoms. The number of nitrogens with zero attached hydrogens (tertiary/aromatic N) is 2. The van der Waals surface area contributed by atoms with Gasteiger partial charge in [-0.05, 0) is 40.2 Å². The summed E-state index contributed by atoms with van der Waals surface area (Å²) in [6.45, 7) is 0. The molecule has 1 amide bonds. The zero-order valence-corrected chi connectivity index (χ0v) is 10.8. The van der Waals surface area contributed by atoms with Gasteiger partial charge in [-0.15, -0.1) is 0 Å². The molecule has 4 N–H and O–H groups in total. The van der Waals surface area contributed by atoms with Gasteiger partial charge in [-0.25, -0.2) is 15.8 Å². The summed E-state index contributed by atoms with van der Waals surface area (Å²) in [5.74, 6) is 5.83.